The molecule has 0 heterocycles. The summed E-state index contributed by atoms with van der Waals surface area (Å²) in [7, 11) is 0. The van der Waals surface area contributed by atoms with Gasteiger partial charge in [0.15, 0.2) is 0 Å². The lowest BCUT2D eigenvalue weighted by molar-refractivity contribution is 0.711. The van der Waals surface area contributed by atoms with Gasteiger partial charge in [-0.15, -0.1) is 0 Å². The van der Waals surface area contributed by atoms with Gasteiger partial charge >= 0.3 is 0 Å². The van der Waals surface area contributed by atoms with Gasteiger partial charge in [0.05, 0.1) is 11.6 Å². The van der Waals surface area contributed by atoms with Crippen LogP contribution in [0.5, 0.6) is 0 Å². The minimum absolute atomic E-state index is 0.852. The zero-order chi connectivity index (χ0) is 9.97. The monoisotopic (exact) mass is 185 g/mol. The Kier molecular flexibility index (Phi) is 2.54. The summed E-state index contributed by atoms with van der Waals surface area (Å²) in [5.41, 5.74) is 4.98. The number of fused-ring (bicyclic) bond motifs is 1. The highest BCUT2D eigenvalue weighted by molar-refractivity contribution is 5.46. The van der Waals surface area contributed by atoms with E-state index in [0.29, 0.717) is 0 Å². The zero-order valence-corrected chi connectivity index (χ0v) is 8.64. The molecule has 0 bridgehead atoms. The van der Waals surface area contributed by atoms with Crippen LogP contribution in [0.25, 0.3) is 0 Å². The van der Waals surface area contributed by atoms with Crippen LogP contribution in [0.4, 0.5) is 0 Å². The van der Waals surface area contributed by atoms with Crippen LogP contribution in [-0.4, -0.2) is 0 Å². The Morgan fingerprint density at radius 3 is 2.71 bits per heavy atom. The second-order valence-corrected chi connectivity index (χ2v) is 4.05. The molecule has 0 saturated carbocycles. The van der Waals surface area contributed by atoms with Crippen LogP contribution in [-0.2, 0) is 12.8 Å². The molecule has 0 unspecified atom stereocenters. The van der Waals surface area contributed by atoms with Crippen LogP contribution in [0.2, 0.25) is 0 Å². The Labute approximate surface area is 85.4 Å². The van der Waals surface area contributed by atoms with E-state index >= 15 is 0 Å². The number of nitriles is 1. The molecule has 1 aliphatic rings. The number of hydrogen-bond acceptors (Lipinski definition) is 1. The second-order valence-electron chi connectivity index (χ2n) is 4.05. The third kappa shape index (κ3) is 1.53. The highest BCUT2D eigenvalue weighted by Gasteiger charge is 2.12. The van der Waals surface area contributed by atoms with Crippen LogP contribution in [0, 0.1) is 18.3 Å². The molecule has 0 atom stereocenters. The van der Waals surface area contributed by atoms with E-state index in [2.05, 4.69) is 19.1 Å². The lowest BCUT2D eigenvalue weighted by atomic mass is 9.94. The molecule has 1 nitrogen and oxygen atoms in total. The van der Waals surface area contributed by atoms with Crippen molar-refractivity contribution in [1.29, 1.82) is 5.26 Å². The van der Waals surface area contributed by atoms with Crippen molar-refractivity contribution in [3.8, 4) is 6.07 Å². The van der Waals surface area contributed by atoms with Crippen molar-refractivity contribution in [2.45, 2.75) is 39.0 Å². The smallest absolute Gasteiger partial charge is 0.0994 e. The van der Waals surface area contributed by atoms with Gasteiger partial charge in [-0.25, -0.2) is 0 Å². The Hall–Kier alpha value is -1.29. The summed E-state index contributed by atoms with van der Waals surface area (Å²) in [5.74, 6) is 0. The Balaban J connectivity index is 2.51. The molecule has 0 amide bonds. The summed E-state index contributed by atoms with van der Waals surface area (Å²) in [6.45, 7) is 2.09. The van der Waals surface area contributed by atoms with E-state index in [0.717, 1.165) is 12.0 Å². The van der Waals surface area contributed by atoms with E-state index in [-0.39, 0.29) is 0 Å². The second kappa shape index (κ2) is 3.84. The number of nitrogens with zero attached hydrogens (tertiary/aromatic N) is 1. The van der Waals surface area contributed by atoms with E-state index in [1.807, 2.05) is 6.07 Å². The van der Waals surface area contributed by atoms with Gasteiger partial charge in [0.1, 0.15) is 0 Å². The molecule has 14 heavy (non-hydrogen) atoms. The number of rotatable bonds is 0. The SMILES string of the molecule is Cc1c(C#N)ccc2c1CCCCC2. The third-order valence-corrected chi connectivity index (χ3v) is 3.19. The molecule has 0 saturated heterocycles. The lowest BCUT2D eigenvalue weighted by Crippen LogP contribution is -1.97. The van der Waals surface area contributed by atoms with E-state index in [4.69, 9.17) is 5.26 Å². The molecule has 0 aliphatic heterocycles. The van der Waals surface area contributed by atoms with Crippen LogP contribution in [0.3, 0.4) is 0 Å². The Morgan fingerprint density at radius 1 is 1.14 bits per heavy atom. The van der Waals surface area contributed by atoms with Crippen molar-refractivity contribution < 1.29 is 0 Å². The van der Waals surface area contributed by atoms with Gasteiger partial charge in [-0.2, -0.15) is 5.26 Å². The molecule has 1 aliphatic carbocycles. The van der Waals surface area contributed by atoms with Gasteiger partial charge < -0.3 is 0 Å². The minimum Gasteiger partial charge on any atom is -0.192 e. The van der Waals surface area contributed by atoms with E-state index in [1.165, 1.54) is 42.4 Å². The molecule has 0 fully saturated rings. The fourth-order valence-electron chi connectivity index (χ4n) is 2.31. The first-order chi connectivity index (χ1) is 6.83. The average Bonchev–Trinajstić information content (AvgIpc) is 2.44. The molecule has 72 valence electrons. The third-order valence-electron chi connectivity index (χ3n) is 3.19. The molecule has 0 spiro atoms. The standard InChI is InChI=1S/C13H15N/c1-10-12(9-14)8-7-11-5-3-2-4-6-13(10)11/h7-8H,2-6H2,1H3. The molecule has 1 aromatic carbocycles. The van der Waals surface area contributed by atoms with E-state index in [1.54, 1.807) is 0 Å². The largest absolute Gasteiger partial charge is 0.192 e. The molecule has 0 aromatic heterocycles. The van der Waals surface area contributed by atoms with Crippen LogP contribution in [0.15, 0.2) is 12.1 Å². The molecule has 0 radical (unpaired) electrons. The van der Waals surface area contributed by atoms with Gasteiger partial charge in [-0.1, -0.05) is 12.5 Å². The summed E-state index contributed by atoms with van der Waals surface area (Å²) in [4.78, 5) is 0. The average molecular weight is 185 g/mol. The molecular weight excluding hydrogens is 170 g/mol. The summed E-state index contributed by atoms with van der Waals surface area (Å²) in [5, 5.41) is 8.94. The topological polar surface area (TPSA) is 23.8 Å². The van der Waals surface area contributed by atoms with E-state index in [9.17, 15) is 0 Å². The van der Waals surface area contributed by atoms with E-state index < -0.39 is 0 Å². The molecule has 1 aromatic rings. The van der Waals surface area contributed by atoms with Gasteiger partial charge in [0.2, 0.25) is 0 Å². The maximum absolute atomic E-state index is 8.94. The van der Waals surface area contributed by atoms with Crippen LogP contribution < -0.4 is 0 Å². The van der Waals surface area contributed by atoms with Gasteiger partial charge in [-0.3, -0.25) is 0 Å². The zero-order valence-electron chi connectivity index (χ0n) is 8.64. The van der Waals surface area contributed by atoms with Gasteiger partial charge in [0.25, 0.3) is 0 Å². The van der Waals surface area contributed by atoms with Crippen molar-refractivity contribution in [2.75, 3.05) is 0 Å². The number of aryl methyl sites for hydroxylation is 1. The summed E-state index contributed by atoms with van der Waals surface area (Å²) >= 11 is 0. The lowest BCUT2D eigenvalue weighted by Gasteiger charge is -2.10. The van der Waals surface area contributed by atoms with Gasteiger partial charge in [-0.05, 0) is 55.4 Å². The van der Waals surface area contributed by atoms with Crippen molar-refractivity contribution in [3.05, 3.63) is 34.4 Å². The quantitative estimate of drug-likeness (QED) is 0.570. The first-order valence-corrected chi connectivity index (χ1v) is 5.34. The molecule has 1 heteroatoms. The highest BCUT2D eigenvalue weighted by atomic mass is 14.3. The van der Waals surface area contributed by atoms with Crippen molar-refractivity contribution in [3.63, 3.8) is 0 Å². The minimum atomic E-state index is 0.852. The predicted octanol–water partition coefficient (Wildman–Crippen LogP) is 3.14. The van der Waals surface area contributed by atoms with Crippen LogP contribution >= 0.6 is 0 Å². The van der Waals surface area contributed by atoms with Crippen molar-refractivity contribution in [1.82, 2.24) is 0 Å². The van der Waals surface area contributed by atoms with Gasteiger partial charge in [0, 0.05) is 0 Å². The maximum Gasteiger partial charge on any atom is 0.0994 e. The first kappa shape index (κ1) is 9.27. The summed E-state index contributed by atoms with van der Waals surface area (Å²) < 4.78 is 0. The molecule has 0 N–H and O–H groups in total. The summed E-state index contributed by atoms with van der Waals surface area (Å²) in [6.07, 6.45) is 6.27. The van der Waals surface area contributed by atoms with Crippen molar-refractivity contribution >= 4 is 0 Å². The first-order valence-electron chi connectivity index (χ1n) is 5.34. The molecular formula is C13H15N. The Morgan fingerprint density at radius 2 is 1.93 bits per heavy atom. The van der Waals surface area contributed by atoms with Crippen molar-refractivity contribution in [2.24, 2.45) is 0 Å². The molecule has 2 rings (SSSR count). The fraction of sp³-hybridized carbons (Fsp3) is 0.462. The Bertz CT molecular complexity index is 385. The highest BCUT2D eigenvalue weighted by Crippen LogP contribution is 2.25. The maximum atomic E-state index is 8.94. The summed E-state index contributed by atoms with van der Waals surface area (Å²) in [6, 6.07) is 6.38. The number of hydrogen-bond donors (Lipinski definition) is 0. The van der Waals surface area contributed by atoms with Crippen LogP contribution in [0.1, 0.15) is 41.5 Å². The predicted molar refractivity (Wildman–Crippen MR) is 57.2 cm³/mol. The fourth-order valence-corrected chi connectivity index (χ4v) is 2.31. The normalized spacial score (nSPS) is 15.4. The number of benzene rings is 1.